The predicted molar refractivity (Wildman–Crippen MR) is 127 cm³/mol. The quantitative estimate of drug-likeness (QED) is 0.530. The average Bonchev–Trinajstić information content (AvgIpc) is 2.77. The van der Waals surface area contributed by atoms with E-state index in [1.807, 2.05) is 48.5 Å². The molecule has 0 radical (unpaired) electrons. The van der Waals surface area contributed by atoms with E-state index in [-0.39, 0.29) is 0 Å². The number of rotatable bonds is 4. The Morgan fingerprint density at radius 1 is 0.909 bits per heavy atom. The first-order valence-corrected chi connectivity index (χ1v) is 11.1. The topological polar surface area (TPSA) is 73.9 Å². The Hall–Kier alpha value is -3.54. The second-order valence-corrected chi connectivity index (χ2v) is 9.42. The lowest BCUT2D eigenvalue weighted by Gasteiger charge is -2.36. The van der Waals surface area contributed by atoms with Gasteiger partial charge in [-0.1, -0.05) is 36.4 Å². The molecule has 172 valence electrons. The number of fused-ring (bicyclic) bond motifs is 2. The Balaban J connectivity index is 1.54. The molecule has 1 aliphatic carbocycles. The number of hydrogen-bond acceptors (Lipinski definition) is 5. The average molecular weight is 448 g/mol. The summed E-state index contributed by atoms with van der Waals surface area (Å²) in [6.07, 6.45) is 0.693. The number of ether oxygens (including phenoxy) is 3. The molecule has 3 aromatic rings. The van der Waals surface area contributed by atoms with E-state index in [1.54, 1.807) is 20.8 Å². The van der Waals surface area contributed by atoms with Crippen molar-refractivity contribution in [2.24, 2.45) is 0 Å². The molecule has 4 rings (SSSR count). The molecule has 0 saturated heterocycles. The molecule has 1 aliphatic rings. The van der Waals surface area contributed by atoms with E-state index in [0.29, 0.717) is 19.3 Å². The molecular weight excluding hydrogens is 418 g/mol. The van der Waals surface area contributed by atoms with E-state index in [4.69, 9.17) is 14.2 Å². The van der Waals surface area contributed by atoms with Crippen molar-refractivity contribution in [1.82, 2.24) is 5.32 Å². The largest absolute Gasteiger partial charge is 0.467 e. The highest BCUT2D eigenvalue weighted by Gasteiger charge is 2.44. The Kier molecular flexibility index (Phi) is 6.02. The fraction of sp³-hybridized carbons (Fsp3) is 0.333. The first-order chi connectivity index (χ1) is 15.7. The Bertz CT molecular complexity index is 1200. The molecule has 6 nitrogen and oxygen atoms in total. The fourth-order valence-electron chi connectivity index (χ4n) is 4.23. The summed E-state index contributed by atoms with van der Waals surface area (Å²) in [6, 6.07) is 20.0. The van der Waals surface area contributed by atoms with Crippen LogP contribution in [0.5, 0.6) is 11.5 Å². The van der Waals surface area contributed by atoms with E-state index in [1.165, 1.54) is 7.11 Å². The van der Waals surface area contributed by atoms with Gasteiger partial charge in [-0.3, -0.25) is 0 Å². The van der Waals surface area contributed by atoms with Gasteiger partial charge >= 0.3 is 12.1 Å². The maximum atomic E-state index is 12.7. The molecular formula is C27H29NO5. The van der Waals surface area contributed by atoms with Gasteiger partial charge < -0.3 is 19.5 Å². The number of hydrogen-bond donors (Lipinski definition) is 1. The summed E-state index contributed by atoms with van der Waals surface area (Å²) >= 11 is 0. The van der Waals surface area contributed by atoms with Crippen molar-refractivity contribution in [1.29, 1.82) is 0 Å². The smallest absolute Gasteiger partial charge is 0.408 e. The van der Waals surface area contributed by atoms with Gasteiger partial charge in [0.15, 0.2) is 0 Å². The van der Waals surface area contributed by atoms with Crippen LogP contribution in [0.25, 0.3) is 10.8 Å². The molecule has 0 aromatic heterocycles. The van der Waals surface area contributed by atoms with Gasteiger partial charge in [0.25, 0.3) is 0 Å². The number of amides is 1. The summed E-state index contributed by atoms with van der Waals surface area (Å²) in [6.45, 7) is 5.35. The van der Waals surface area contributed by atoms with Gasteiger partial charge in [-0.2, -0.15) is 0 Å². The highest BCUT2D eigenvalue weighted by Crippen LogP contribution is 2.34. The van der Waals surface area contributed by atoms with E-state index >= 15 is 0 Å². The van der Waals surface area contributed by atoms with Crippen molar-refractivity contribution in [2.75, 3.05) is 7.11 Å². The molecule has 0 fully saturated rings. The van der Waals surface area contributed by atoms with Crippen LogP contribution in [0.1, 0.15) is 38.3 Å². The Labute approximate surface area is 193 Å². The van der Waals surface area contributed by atoms with Gasteiger partial charge in [0.1, 0.15) is 22.6 Å². The third kappa shape index (κ3) is 5.11. The summed E-state index contributed by atoms with van der Waals surface area (Å²) in [5.41, 5.74) is 0.223. The van der Waals surface area contributed by atoms with Crippen LogP contribution < -0.4 is 10.1 Å². The van der Waals surface area contributed by atoms with Gasteiger partial charge in [0.2, 0.25) is 0 Å². The first-order valence-electron chi connectivity index (χ1n) is 11.1. The highest BCUT2D eigenvalue weighted by atomic mass is 16.6. The zero-order chi connectivity index (χ0) is 23.6. The van der Waals surface area contributed by atoms with Crippen LogP contribution in [0.2, 0.25) is 0 Å². The van der Waals surface area contributed by atoms with E-state index < -0.39 is 23.2 Å². The van der Waals surface area contributed by atoms with Gasteiger partial charge in [0, 0.05) is 6.42 Å². The normalized spacial score (nSPS) is 17.7. The third-order valence-electron chi connectivity index (χ3n) is 5.76. The SMILES string of the molecule is COC(=O)C1(NC(=O)OC(C)(C)C)CCc2cc(Oc3ccc4ccccc4c3)ccc2C1. The van der Waals surface area contributed by atoms with Gasteiger partial charge in [0.05, 0.1) is 7.11 Å². The summed E-state index contributed by atoms with van der Waals surface area (Å²) in [7, 11) is 1.33. The zero-order valence-electron chi connectivity index (χ0n) is 19.4. The summed E-state index contributed by atoms with van der Waals surface area (Å²) in [5, 5.41) is 5.06. The minimum absolute atomic E-state index is 0.324. The zero-order valence-corrected chi connectivity index (χ0v) is 19.4. The highest BCUT2D eigenvalue weighted by molar-refractivity contribution is 5.87. The van der Waals surface area contributed by atoms with Crippen molar-refractivity contribution in [2.45, 2.75) is 51.2 Å². The number of benzene rings is 3. The van der Waals surface area contributed by atoms with Crippen molar-refractivity contribution >= 4 is 22.8 Å². The molecule has 1 unspecified atom stereocenters. The summed E-state index contributed by atoms with van der Waals surface area (Å²) in [4.78, 5) is 25.2. The number of carbonyl (C=O) groups excluding carboxylic acids is 2. The minimum Gasteiger partial charge on any atom is -0.467 e. The monoisotopic (exact) mass is 447 g/mol. The molecule has 0 aliphatic heterocycles. The van der Waals surface area contributed by atoms with Gasteiger partial charge in [-0.25, -0.2) is 9.59 Å². The van der Waals surface area contributed by atoms with Crippen LogP contribution in [0.4, 0.5) is 4.79 Å². The molecule has 0 heterocycles. The number of esters is 1. The van der Waals surface area contributed by atoms with Crippen LogP contribution in [-0.2, 0) is 27.1 Å². The number of methoxy groups -OCH3 is 1. The molecule has 3 aromatic carbocycles. The molecule has 1 amide bonds. The van der Waals surface area contributed by atoms with Crippen LogP contribution in [0.3, 0.4) is 0 Å². The fourth-order valence-corrected chi connectivity index (χ4v) is 4.23. The lowest BCUT2D eigenvalue weighted by atomic mass is 9.78. The van der Waals surface area contributed by atoms with Crippen molar-refractivity contribution < 1.29 is 23.8 Å². The predicted octanol–water partition coefficient (Wildman–Crippen LogP) is 5.56. The maximum Gasteiger partial charge on any atom is 0.408 e. The lowest BCUT2D eigenvalue weighted by Crippen LogP contribution is -2.59. The Morgan fingerprint density at radius 2 is 1.61 bits per heavy atom. The summed E-state index contributed by atoms with van der Waals surface area (Å²) < 4.78 is 16.5. The van der Waals surface area contributed by atoms with Crippen LogP contribution in [0, 0.1) is 0 Å². The van der Waals surface area contributed by atoms with Crippen molar-refractivity contribution in [3.63, 3.8) is 0 Å². The summed E-state index contributed by atoms with van der Waals surface area (Å²) in [5.74, 6) is 1.02. The molecule has 1 atom stereocenters. The molecule has 0 saturated carbocycles. The van der Waals surface area contributed by atoms with E-state index in [0.717, 1.165) is 33.4 Å². The van der Waals surface area contributed by atoms with Crippen LogP contribution >= 0.6 is 0 Å². The Morgan fingerprint density at radius 3 is 2.33 bits per heavy atom. The molecule has 33 heavy (non-hydrogen) atoms. The van der Waals surface area contributed by atoms with Crippen LogP contribution in [0.15, 0.2) is 60.7 Å². The van der Waals surface area contributed by atoms with Crippen molar-refractivity contribution in [3.8, 4) is 11.5 Å². The number of aryl methyl sites for hydroxylation is 1. The number of carbonyl (C=O) groups is 2. The molecule has 0 spiro atoms. The van der Waals surface area contributed by atoms with Gasteiger partial charge in [-0.05, 0) is 79.8 Å². The van der Waals surface area contributed by atoms with Crippen LogP contribution in [-0.4, -0.2) is 30.3 Å². The van der Waals surface area contributed by atoms with E-state index in [9.17, 15) is 9.59 Å². The second kappa shape index (κ2) is 8.77. The lowest BCUT2D eigenvalue weighted by molar-refractivity contribution is -0.149. The number of nitrogens with one attached hydrogen (secondary N) is 1. The third-order valence-corrected chi connectivity index (χ3v) is 5.76. The first kappa shape index (κ1) is 22.6. The second-order valence-electron chi connectivity index (χ2n) is 9.42. The van der Waals surface area contributed by atoms with Gasteiger partial charge in [-0.15, -0.1) is 0 Å². The molecule has 1 N–H and O–H groups in total. The molecule has 6 heteroatoms. The van der Waals surface area contributed by atoms with Crippen molar-refractivity contribution in [3.05, 3.63) is 71.8 Å². The van der Waals surface area contributed by atoms with E-state index in [2.05, 4.69) is 17.4 Å². The molecule has 0 bridgehead atoms. The minimum atomic E-state index is -1.16. The number of alkyl carbamates (subject to hydrolysis) is 1. The standard InChI is InChI=1S/C27H29NO5/c1-26(2,3)33-25(30)28-27(24(29)31-4)14-13-20-16-23(12-10-21(20)17-27)32-22-11-9-18-7-5-6-8-19(18)15-22/h5-12,15-16H,13-14,17H2,1-4H3,(H,28,30). The maximum absolute atomic E-state index is 12.7.